The fourth-order valence-electron chi connectivity index (χ4n) is 2.16. The summed E-state index contributed by atoms with van der Waals surface area (Å²) in [6.45, 7) is 10.7. The molecule has 1 aromatic heterocycles. The van der Waals surface area contributed by atoms with Gasteiger partial charge in [-0.3, -0.25) is 4.79 Å². The Kier molecular flexibility index (Phi) is 5.66. The maximum absolute atomic E-state index is 13.1. The van der Waals surface area contributed by atoms with Crippen LogP contribution in [0.3, 0.4) is 0 Å². The van der Waals surface area contributed by atoms with Crippen molar-refractivity contribution in [3.05, 3.63) is 29.8 Å². The molecule has 0 saturated heterocycles. The lowest BCUT2D eigenvalue weighted by Gasteiger charge is -2.35. The van der Waals surface area contributed by atoms with E-state index in [0.29, 0.717) is 11.5 Å². The number of carbonyl (C=O) groups is 1. The van der Waals surface area contributed by atoms with Crippen LogP contribution < -0.4 is 5.32 Å². The monoisotopic (exact) mass is 280 g/mol. The standard InChI is InChI=1S/C16H25FN2O/c1-6-7-13(11(2)16(3,4)5)19-15(20)12-8-9-18-14(17)10-12/h8-11,13H,6-7H2,1-5H3,(H,19,20)/t11?,13-/m1/s1. The summed E-state index contributed by atoms with van der Waals surface area (Å²) in [7, 11) is 0. The smallest absolute Gasteiger partial charge is 0.251 e. The van der Waals surface area contributed by atoms with E-state index in [1.54, 1.807) is 0 Å². The molecule has 1 unspecified atom stereocenters. The van der Waals surface area contributed by atoms with Crippen LogP contribution in [0.25, 0.3) is 0 Å². The Balaban J connectivity index is 2.83. The second-order valence-electron chi connectivity index (χ2n) is 6.39. The van der Waals surface area contributed by atoms with Crippen molar-refractivity contribution in [3.8, 4) is 0 Å². The first-order valence-electron chi connectivity index (χ1n) is 7.18. The zero-order chi connectivity index (χ0) is 15.3. The van der Waals surface area contributed by atoms with Gasteiger partial charge in [0.2, 0.25) is 5.95 Å². The summed E-state index contributed by atoms with van der Waals surface area (Å²) in [6.07, 6.45) is 3.22. The molecule has 0 saturated carbocycles. The predicted molar refractivity (Wildman–Crippen MR) is 79.0 cm³/mol. The molecule has 0 aliphatic heterocycles. The quantitative estimate of drug-likeness (QED) is 0.833. The van der Waals surface area contributed by atoms with Crippen LogP contribution in [0.4, 0.5) is 4.39 Å². The average molecular weight is 280 g/mol. The van der Waals surface area contributed by atoms with E-state index in [1.165, 1.54) is 18.3 Å². The Labute approximate surface area is 121 Å². The summed E-state index contributed by atoms with van der Waals surface area (Å²) in [5.41, 5.74) is 0.427. The minimum absolute atomic E-state index is 0.0868. The first-order valence-corrected chi connectivity index (χ1v) is 7.18. The summed E-state index contributed by atoms with van der Waals surface area (Å²) >= 11 is 0. The number of hydrogen-bond acceptors (Lipinski definition) is 2. The summed E-state index contributed by atoms with van der Waals surface area (Å²) < 4.78 is 13.1. The molecule has 0 aliphatic rings. The van der Waals surface area contributed by atoms with Crippen molar-refractivity contribution < 1.29 is 9.18 Å². The number of amides is 1. The maximum atomic E-state index is 13.1. The molecule has 112 valence electrons. The molecule has 0 fully saturated rings. The third-order valence-electron chi connectivity index (χ3n) is 3.87. The van der Waals surface area contributed by atoms with E-state index in [0.717, 1.165) is 12.8 Å². The van der Waals surface area contributed by atoms with Crippen molar-refractivity contribution in [2.75, 3.05) is 0 Å². The minimum Gasteiger partial charge on any atom is -0.349 e. The highest BCUT2D eigenvalue weighted by Gasteiger charge is 2.29. The van der Waals surface area contributed by atoms with Crippen molar-refractivity contribution in [2.24, 2.45) is 11.3 Å². The topological polar surface area (TPSA) is 42.0 Å². The third kappa shape index (κ3) is 4.58. The van der Waals surface area contributed by atoms with Crippen LogP contribution in [-0.4, -0.2) is 16.9 Å². The van der Waals surface area contributed by atoms with Gasteiger partial charge in [-0.2, -0.15) is 4.39 Å². The SMILES string of the molecule is CCC[C@@H](NC(=O)c1ccnc(F)c1)C(C)C(C)(C)C. The van der Waals surface area contributed by atoms with Crippen molar-refractivity contribution >= 4 is 5.91 Å². The molecule has 4 heteroatoms. The van der Waals surface area contributed by atoms with E-state index in [-0.39, 0.29) is 17.4 Å². The summed E-state index contributed by atoms with van der Waals surface area (Å²) in [5.74, 6) is -0.535. The number of aromatic nitrogens is 1. The van der Waals surface area contributed by atoms with E-state index < -0.39 is 5.95 Å². The Morgan fingerprint density at radius 1 is 1.45 bits per heavy atom. The number of halogens is 1. The lowest BCUT2D eigenvalue weighted by molar-refractivity contribution is 0.0888. The van der Waals surface area contributed by atoms with Gasteiger partial charge in [-0.05, 0) is 23.8 Å². The van der Waals surface area contributed by atoms with E-state index in [1.807, 2.05) is 0 Å². The van der Waals surface area contributed by atoms with Gasteiger partial charge in [-0.25, -0.2) is 4.98 Å². The van der Waals surface area contributed by atoms with Gasteiger partial charge in [0.05, 0.1) is 0 Å². The van der Waals surface area contributed by atoms with Crippen LogP contribution in [0, 0.1) is 17.3 Å². The number of rotatable bonds is 5. The zero-order valence-electron chi connectivity index (χ0n) is 13.0. The van der Waals surface area contributed by atoms with Gasteiger partial charge in [0, 0.05) is 23.9 Å². The lowest BCUT2D eigenvalue weighted by atomic mass is 9.76. The van der Waals surface area contributed by atoms with Gasteiger partial charge in [-0.15, -0.1) is 0 Å². The van der Waals surface area contributed by atoms with Gasteiger partial charge < -0.3 is 5.32 Å². The predicted octanol–water partition coefficient (Wildman–Crippen LogP) is 3.80. The van der Waals surface area contributed by atoms with Gasteiger partial charge in [0.25, 0.3) is 5.91 Å². The van der Waals surface area contributed by atoms with Gasteiger partial charge in [0.1, 0.15) is 0 Å². The first kappa shape index (κ1) is 16.6. The molecule has 0 bridgehead atoms. The van der Waals surface area contributed by atoms with Crippen LogP contribution in [0.5, 0.6) is 0 Å². The largest absolute Gasteiger partial charge is 0.349 e. The maximum Gasteiger partial charge on any atom is 0.251 e. The van der Waals surface area contributed by atoms with E-state index in [2.05, 4.69) is 44.9 Å². The molecule has 1 N–H and O–H groups in total. The summed E-state index contributed by atoms with van der Waals surface area (Å²) in [5, 5.41) is 3.03. The van der Waals surface area contributed by atoms with Crippen LogP contribution in [0.1, 0.15) is 57.8 Å². The second kappa shape index (κ2) is 6.82. The van der Waals surface area contributed by atoms with Gasteiger partial charge >= 0.3 is 0 Å². The highest BCUT2D eigenvalue weighted by Crippen LogP contribution is 2.30. The lowest BCUT2D eigenvalue weighted by Crippen LogP contribution is -2.43. The molecule has 0 spiro atoms. The van der Waals surface area contributed by atoms with Crippen LogP contribution in [0.2, 0.25) is 0 Å². The molecule has 1 rings (SSSR count). The average Bonchev–Trinajstić information content (AvgIpc) is 2.36. The number of nitrogens with zero attached hydrogens (tertiary/aromatic N) is 1. The van der Waals surface area contributed by atoms with Gasteiger partial charge in [-0.1, -0.05) is 41.0 Å². The van der Waals surface area contributed by atoms with Crippen molar-refractivity contribution in [3.63, 3.8) is 0 Å². The van der Waals surface area contributed by atoms with Crippen LogP contribution in [0.15, 0.2) is 18.3 Å². The molecule has 3 nitrogen and oxygen atoms in total. The second-order valence-corrected chi connectivity index (χ2v) is 6.39. The zero-order valence-corrected chi connectivity index (χ0v) is 13.0. The normalized spacial score (nSPS) is 14.7. The molecule has 1 aromatic rings. The molecule has 1 amide bonds. The van der Waals surface area contributed by atoms with E-state index in [9.17, 15) is 9.18 Å². The third-order valence-corrected chi connectivity index (χ3v) is 3.87. The van der Waals surface area contributed by atoms with Crippen molar-refractivity contribution in [1.82, 2.24) is 10.3 Å². The van der Waals surface area contributed by atoms with Crippen molar-refractivity contribution in [2.45, 2.75) is 53.5 Å². The molecule has 0 radical (unpaired) electrons. The fourth-order valence-corrected chi connectivity index (χ4v) is 2.16. The Morgan fingerprint density at radius 2 is 2.10 bits per heavy atom. The molecule has 0 aromatic carbocycles. The fraction of sp³-hybridized carbons (Fsp3) is 0.625. The molecule has 2 atom stereocenters. The molecule has 0 aliphatic carbocycles. The van der Waals surface area contributed by atoms with E-state index in [4.69, 9.17) is 0 Å². The molecule has 20 heavy (non-hydrogen) atoms. The highest BCUT2D eigenvalue weighted by atomic mass is 19.1. The number of hydrogen-bond donors (Lipinski definition) is 1. The Bertz CT molecular complexity index is 454. The summed E-state index contributed by atoms with van der Waals surface area (Å²) in [6, 6.07) is 2.78. The number of carbonyl (C=O) groups excluding carboxylic acids is 1. The highest BCUT2D eigenvalue weighted by molar-refractivity contribution is 5.94. The van der Waals surface area contributed by atoms with Crippen molar-refractivity contribution in [1.29, 1.82) is 0 Å². The van der Waals surface area contributed by atoms with E-state index >= 15 is 0 Å². The Morgan fingerprint density at radius 3 is 2.60 bits per heavy atom. The summed E-state index contributed by atoms with van der Waals surface area (Å²) in [4.78, 5) is 15.7. The Hall–Kier alpha value is -1.45. The van der Waals surface area contributed by atoms with Gasteiger partial charge in [0.15, 0.2) is 0 Å². The minimum atomic E-state index is -0.631. The number of nitrogens with one attached hydrogen (secondary N) is 1. The molecule has 1 heterocycles. The van der Waals surface area contributed by atoms with Crippen LogP contribution in [-0.2, 0) is 0 Å². The first-order chi connectivity index (χ1) is 9.25. The number of pyridine rings is 1. The van der Waals surface area contributed by atoms with Crippen LogP contribution >= 0.6 is 0 Å². The molecular weight excluding hydrogens is 255 g/mol. The molecular formula is C16H25FN2O.